The SMILES string of the molecule is C[C@@H]([NH2+]CCCO)C(=O)Nc1ccc(N2CCOCC2)cc1. The molecule has 1 atom stereocenters. The van der Waals surface area contributed by atoms with Crippen LogP contribution < -0.4 is 15.5 Å². The van der Waals surface area contributed by atoms with Crippen molar-refractivity contribution in [2.75, 3.05) is 49.7 Å². The fourth-order valence-electron chi connectivity index (χ4n) is 2.40. The first-order valence-corrected chi connectivity index (χ1v) is 7.88. The molecule has 1 aromatic carbocycles. The number of carbonyl (C=O) groups excluding carboxylic acids is 1. The fourth-order valence-corrected chi connectivity index (χ4v) is 2.40. The summed E-state index contributed by atoms with van der Waals surface area (Å²) in [4.78, 5) is 14.3. The summed E-state index contributed by atoms with van der Waals surface area (Å²) in [5.74, 6) is -0.0166. The number of nitrogens with zero attached hydrogens (tertiary/aromatic N) is 1. The first kappa shape index (κ1) is 16.7. The third-order valence-corrected chi connectivity index (χ3v) is 3.81. The maximum absolute atomic E-state index is 12.1. The van der Waals surface area contributed by atoms with Gasteiger partial charge in [-0.1, -0.05) is 0 Å². The minimum Gasteiger partial charge on any atom is -0.396 e. The second-order valence-electron chi connectivity index (χ2n) is 5.53. The Morgan fingerprint density at radius 3 is 2.68 bits per heavy atom. The molecule has 4 N–H and O–H groups in total. The first-order chi connectivity index (χ1) is 10.7. The molecule has 0 aromatic heterocycles. The third kappa shape index (κ3) is 4.98. The molecular formula is C16H26N3O3+. The van der Waals surface area contributed by atoms with Crippen molar-refractivity contribution in [3.05, 3.63) is 24.3 Å². The average Bonchev–Trinajstić information content (AvgIpc) is 2.56. The number of rotatable bonds is 7. The maximum atomic E-state index is 12.1. The van der Waals surface area contributed by atoms with Crippen molar-refractivity contribution in [3.8, 4) is 0 Å². The van der Waals surface area contributed by atoms with Gasteiger partial charge in [0.1, 0.15) is 0 Å². The number of nitrogens with two attached hydrogens (primary N) is 1. The zero-order chi connectivity index (χ0) is 15.8. The summed E-state index contributed by atoms with van der Waals surface area (Å²) in [6, 6.07) is 7.76. The van der Waals surface area contributed by atoms with Gasteiger partial charge < -0.3 is 25.4 Å². The molecule has 0 radical (unpaired) electrons. The smallest absolute Gasteiger partial charge is 0.282 e. The van der Waals surface area contributed by atoms with Gasteiger partial charge in [0.15, 0.2) is 6.04 Å². The van der Waals surface area contributed by atoms with Gasteiger partial charge in [-0.2, -0.15) is 0 Å². The highest BCUT2D eigenvalue weighted by atomic mass is 16.5. The Kier molecular flexibility index (Phi) is 6.64. The van der Waals surface area contributed by atoms with Gasteiger partial charge in [-0.3, -0.25) is 4.79 Å². The molecule has 0 aliphatic carbocycles. The van der Waals surface area contributed by atoms with Crippen molar-refractivity contribution in [2.45, 2.75) is 19.4 Å². The molecule has 0 saturated carbocycles. The van der Waals surface area contributed by atoms with Gasteiger partial charge in [-0.15, -0.1) is 0 Å². The van der Waals surface area contributed by atoms with Crippen LogP contribution in [-0.4, -0.2) is 56.5 Å². The molecule has 1 fully saturated rings. The van der Waals surface area contributed by atoms with Gasteiger partial charge in [0.05, 0.1) is 19.8 Å². The second kappa shape index (κ2) is 8.73. The Balaban J connectivity index is 1.83. The summed E-state index contributed by atoms with van der Waals surface area (Å²) in [5.41, 5.74) is 1.97. The molecule has 1 saturated heterocycles. The number of hydrogen-bond donors (Lipinski definition) is 3. The van der Waals surface area contributed by atoms with E-state index in [1.54, 1.807) is 0 Å². The van der Waals surface area contributed by atoms with E-state index in [-0.39, 0.29) is 18.6 Å². The van der Waals surface area contributed by atoms with Crippen LogP contribution in [0.3, 0.4) is 0 Å². The topological polar surface area (TPSA) is 78.4 Å². The quantitative estimate of drug-likeness (QED) is 0.610. The standard InChI is InChI=1S/C16H25N3O3/c1-13(17-7-2-10-20)16(21)18-14-3-5-15(6-4-14)19-8-11-22-12-9-19/h3-6,13,17,20H,2,7-12H2,1H3,(H,18,21)/p+1/t13-/m1/s1. The van der Waals surface area contributed by atoms with E-state index in [4.69, 9.17) is 9.84 Å². The lowest BCUT2D eigenvalue weighted by molar-refractivity contribution is -0.673. The number of ether oxygens (including phenoxy) is 1. The summed E-state index contributed by atoms with van der Waals surface area (Å²) in [6.07, 6.45) is 0.700. The normalized spacial score (nSPS) is 16.4. The Bertz CT molecular complexity index is 458. The number of hydrogen-bond acceptors (Lipinski definition) is 4. The first-order valence-electron chi connectivity index (χ1n) is 7.88. The van der Waals surface area contributed by atoms with Crippen LogP contribution in [0.1, 0.15) is 13.3 Å². The van der Waals surface area contributed by atoms with Gasteiger partial charge in [0, 0.05) is 37.5 Å². The number of benzene rings is 1. The van der Waals surface area contributed by atoms with Crippen LogP contribution in [-0.2, 0) is 9.53 Å². The summed E-state index contributed by atoms with van der Waals surface area (Å²) in [5, 5.41) is 13.6. The maximum Gasteiger partial charge on any atom is 0.282 e. The zero-order valence-electron chi connectivity index (χ0n) is 13.1. The van der Waals surface area contributed by atoms with Crippen LogP contribution in [0.4, 0.5) is 11.4 Å². The number of aliphatic hydroxyl groups excluding tert-OH is 1. The average molecular weight is 308 g/mol. The van der Waals surface area contributed by atoms with Crippen molar-refractivity contribution >= 4 is 17.3 Å². The summed E-state index contributed by atoms with van der Waals surface area (Å²) < 4.78 is 5.35. The fraction of sp³-hybridized carbons (Fsp3) is 0.562. The van der Waals surface area contributed by atoms with Crippen LogP contribution >= 0.6 is 0 Å². The second-order valence-corrected chi connectivity index (χ2v) is 5.53. The van der Waals surface area contributed by atoms with E-state index < -0.39 is 0 Å². The Hall–Kier alpha value is -1.63. The van der Waals surface area contributed by atoms with Crippen molar-refractivity contribution in [1.82, 2.24) is 0 Å². The van der Waals surface area contributed by atoms with Gasteiger partial charge in [-0.05, 0) is 31.2 Å². The van der Waals surface area contributed by atoms with Crippen molar-refractivity contribution in [2.24, 2.45) is 0 Å². The third-order valence-electron chi connectivity index (χ3n) is 3.81. The lowest BCUT2D eigenvalue weighted by Gasteiger charge is -2.28. The van der Waals surface area contributed by atoms with E-state index in [1.807, 2.05) is 36.5 Å². The largest absolute Gasteiger partial charge is 0.396 e. The Morgan fingerprint density at radius 2 is 2.05 bits per heavy atom. The van der Waals surface area contributed by atoms with Gasteiger partial charge in [-0.25, -0.2) is 0 Å². The summed E-state index contributed by atoms with van der Waals surface area (Å²) in [7, 11) is 0. The number of quaternary nitrogens is 1. The monoisotopic (exact) mass is 308 g/mol. The van der Waals surface area contributed by atoms with Crippen LogP contribution in [0, 0.1) is 0 Å². The molecule has 0 spiro atoms. The highest BCUT2D eigenvalue weighted by Crippen LogP contribution is 2.18. The molecule has 2 rings (SSSR count). The van der Waals surface area contributed by atoms with E-state index >= 15 is 0 Å². The lowest BCUT2D eigenvalue weighted by Crippen LogP contribution is -2.91. The molecule has 1 aromatic rings. The van der Waals surface area contributed by atoms with E-state index in [0.29, 0.717) is 6.42 Å². The van der Waals surface area contributed by atoms with Crippen LogP contribution in [0.5, 0.6) is 0 Å². The van der Waals surface area contributed by atoms with Crippen molar-refractivity contribution < 1.29 is 20.0 Å². The molecule has 1 aliphatic heterocycles. The molecule has 1 amide bonds. The lowest BCUT2D eigenvalue weighted by atomic mass is 10.2. The van der Waals surface area contributed by atoms with E-state index in [2.05, 4.69) is 10.2 Å². The van der Waals surface area contributed by atoms with Crippen molar-refractivity contribution in [1.29, 1.82) is 0 Å². The van der Waals surface area contributed by atoms with E-state index in [1.165, 1.54) is 0 Å². The van der Waals surface area contributed by atoms with Crippen LogP contribution in [0.25, 0.3) is 0 Å². The number of nitrogens with one attached hydrogen (secondary N) is 1. The number of amides is 1. The summed E-state index contributed by atoms with van der Waals surface area (Å²) in [6.45, 7) is 6.12. The molecule has 6 nitrogen and oxygen atoms in total. The predicted octanol–water partition coefficient (Wildman–Crippen LogP) is -0.204. The van der Waals surface area contributed by atoms with Crippen LogP contribution in [0.2, 0.25) is 0 Å². The van der Waals surface area contributed by atoms with Gasteiger partial charge in [0.2, 0.25) is 0 Å². The molecule has 122 valence electrons. The molecule has 0 bridgehead atoms. The van der Waals surface area contributed by atoms with E-state index in [9.17, 15) is 4.79 Å². The highest BCUT2D eigenvalue weighted by Gasteiger charge is 2.16. The number of carbonyl (C=O) groups is 1. The molecule has 1 heterocycles. The zero-order valence-corrected chi connectivity index (χ0v) is 13.1. The molecule has 6 heteroatoms. The number of anilines is 2. The van der Waals surface area contributed by atoms with Gasteiger partial charge in [0.25, 0.3) is 5.91 Å². The Labute approximate surface area is 131 Å². The van der Waals surface area contributed by atoms with Crippen LogP contribution in [0.15, 0.2) is 24.3 Å². The minimum atomic E-state index is -0.162. The predicted molar refractivity (Wildman–Crippen MR) is 86.1 cm³/mol. The molecule has 0 unspecified atom stereocenters. The van der Waals surface area contributed by atoms with E-state index in [0.717, 1.165) is 44.2 Å². The Morgan fingerprint density at radius 1 is 1.36 bits per heavy atom. The number of morpholine rings is 1. The molecule has 22 heavy (non-hydrogen) atoms. The summed E-state index contributed by atoms with van der Waals surface area (Å²) >= 11 is 0. The van der Waals surface area contributed by atoms with Crippen molar-refractivity contribution in [3.63, 3.8) is 0 Å². The van der Waals surface area contributed by atoms with Gasteiger partial charge >= 0.3 is 0 Å². The number of aliphatic hydroxyl groups is 1. The molecular weight excluding hydrogens is 282 g/mol. The molecule has 1 aliphatic rings. The minimum absolute atomic E-state index is 0.0166. The highest BCUT2D eigenvalue weighted by molar-refractivity contribution is 5.93.